The molecule has 1 saturated heterocycles. The monoisotopic (exact) mass is 1770 g/mol. The first-order chi connectivity index (χ1) is 59.8. The van der Waals surface area contributed by atoms with Crippen LogP contribution in [0.25, 0.3) is 66.2 Å². The summed E-state index contributed by atoms with van der Waals surface area (Å²) in [5, 5.41) is 30.3. The van der Waals surface area contributed by atoms with Crippen LogP contribution in [0, 0.1) is 34.6 Å². The van der Waals surface area contributed by atoms with Gasteiger partial charge in [-0.2, -0.15) is 30.6 Å². The number of aryl methyl sites for hydroxylation is 5. The van der Waals surface area contributed by atoms with Gasteiger partial charge in [0.25, 0.3) is 40.1 Å². The molecular weight excluding hydrogens is 1670 g/mol. The number of hydrogen-bond acceptors (Lipinski definition) is 21. The van der Waals surface area contributed by atoms with Gasteiger partial charge in [0.1, 0.15) is 46.1 Å². The van der Waals surface area contributed by atoms with Gasteiger partial charge in [-0.3, -0.25) is 33.8 Å². The second-order valence-corrected chi connectivity index (χ2v) is 39.9. The summed E-state index contributed by atoms with van der Waals surface area (Å²) in [6, 6.07) is 64.1. The van der Waals surface area contributed by atoms with E-state index in [1.54, 1.807) is 138 Å². The second kappa shape index (κ2) is 36.0. The Morgan fingerprint density at radius 1 is 0.389 bits per heavy atom. The average molecular weight is 1770 g/mol. The zero-order valence-corrected chi connectivity index (χ0v) is 75.7. The predicted molar refractivity (Wildman–Crippen MR) is 493 cm³/mol. The summed E-state index contributed by atoms with van der Waals surface area (Å²) in [7, 11) is -13.7. The zero-order valence-electron chi connectivity index (χ0n) is 72.4. The van der Waals surface area contributed by atoms with E-state index in [1.807, 2.05) is 176 Å². The third kappa shape index (κ3) is 20.3. The molecule has 8 aromatic heterocycles. The lowest BCUT2D eigenvalue weighted by molar-refractivity contribution is 0.122. The summed E-state index contributed by atoms with van der Waals surface area (Å²) >= 11 is 0. The highest BCUT2D eigenvalue weighted by atomic mass is 32.2. The van der Waals surface area contributed by atoms with Crippen LogP contribution in [-0.2, 0) is 55.7 Å². The Hall–Kier alpha value is -13.5. The van der Waals surface area contributed by atoms with Crippen molar-refractivity contribution in [2.24, 2.45) is 0 Å². The summed E-state index contributed by atoms with van der Waals surface area (Å²) in [6.45, 7) is 30.6. The van der Waals surface area contributed by atoms with Crippen molar-refractivity contribution in [3.05, 3.63) is 289 Å². The number of aromatic nitrogens is 13. The molecule has 9 heterocycles. The lowest BCUT2D eigenvalue weighted by Crippen LogP contribution is -2.36. The summed E-state index contributed by atoms with van der Waals surface area (Å²) in [6.07, 6.45) is 8.50. The van der Waals surface area contributed by atoms with Crippen molar-refractivity contribution in [2.45, 2.75) is 133 Å². The van der Waals surface area contributed by atoms with E-state index < -0.39 is 40.1 Å². The summed E-state index contributed by atoms with van der Waals surface area (Å²) in [4.78, 5) is 16.1. The lowest BCUT2D eigenvalue weighted by atomic mass is 9.87. The first-order valence-corrected chi connectivity index (χ1v) is 46.3. The predicted octanol–water partition coefficient (Wildman–Crippen LogP) is 17.4. The molecule has 8 aromatic carbocycles. The number of nitrogens with zero attached hydrogens (tertiary/aromatic N) is 14. The van der Waals surface area contributed by atoms with Gasteiger partial charge in [-0.15, -0.1) is 0 Å². The number of methoxy groups -OCH3 is 1. The van der Waals surface area contributed by atoms with E-state index in [9.17, 15) is 33.7 Å². The number of rotatable bonds is 19. The van der Waals surface area contributed by atoms with Crippen molar-refractivity contribution in [3.63, 3.8) is 0 Å². The van der Waals surface area contributed by atoms with Crippen LogP contribution in [0.1, 0.15) is 102 Å². The Balaban J connectivity index is 0.000000136. The zero-order chi connectivity index (χ0) is 89.8. The van der Waals surface area contributed by atoms with Crippen LogP contribution < -0.4 is 33.3 Å². The van der Waals surface area contributed by atoms with Crippen LogP contribution in [-0.4, -0.2) is 137 Å². The largest absolute Gasteiger partial charge is 0.494 e. The minimum atomic E-state index is -3.89. The van der Waals surface area contributed by atoms with Gasteiger partial charge < -0.3 is 19.1 Å². The molecule has 0 radical (unpaired) electrons. The molecule has 4 N–H and O–H groups in total. The lowest BCUT2D eigenvalue weighted by Gasteiger charge is -2.28. The normalized spacial score (nSPS) is 12.8. The quantitative estimate of drug-likeness (QED) is 0.0584. The van der Waals surface area contributed by atoms with Crippen LogP contribution in [0.5, 0.6) is 11.5 Å². The van der Waals surface area contributed by atoms with Gasteiger partial charge >= 0.3 is 0 Å². The summed E-state index contributed by atoms with van der Waals surface area (Å²) in [5.74, 6) is 2.54. The third-order valence-corrected chi connectivity index (χ3v) is 25.9. The van der Waals surface area contributed by atoms with Gasteiger partial charge in [0.2, 0.25) is 0 Å². The van der Waals surface area contributed by atoms with Crippen LogP contribution in [0.15, 0.2) is 269 Å². The van der Waals surface area contributed by atoms with E-state index in [0.29, 0.717) is 70.6 Å². The number of nitrogens with one attached hydrogen (secondary N) is 4. The van der Waals surface area contributed by atoms with E-state index in [1.165, 1.54) is 16.8 Å². The number of sulfonamides is 4. The molecule has 0 bridgehead atoms. The van der Waals surface area contributed by atoms with Crippen molar-refractivity contribution >= 4 is 113 Å². The van der Waals surface area contributed by atoms with Gasteiger partial charge in [-0.25, -0.2) is 52.4 Å². The van der Waals surface area contributed by atoms with E-state index in [-0.39, 0.29) is 41.8 Å². The molecule has 0 amide bonds. The highest BCUT2D eigenvalue weighted by molar-refractivity contribution is 7.93. The Labute approximate surface area is 733 Å². The Morgan fingerprint density at radius 2 is 0.794 bits per heavy atom. The molecule has 0 aliphatic carbocycles. The van der Waals surface area contributed by atoms with Gasteiger partial charge in [-0.05, 0) is 229 Å². The van der Waals surface area contributed by atoms with Gasteiger partial charge in [0.15, 0.2) is 0 Å². The fraction of sp³-hybridized carbons (Fsp3) is 0.237. The molecular formula is C93H98N18O11S4. The van der Waals surface area contributed by atoms with Crippen molar-refractivity contribution in [1.29, 1.82) is 0 Å². The molecule has 0 atom stereocenters. The van der Waals surface area contributed by atoms with E-state index >= 15 is 0 Å². The number of anilines is 5. The fourth-order valence-corrected chi connectivity index (χ4v) is 18.4. The molecule has 1 fully saturated rings. The van der Waals surface area contributed by atoms with Gasteiger partial charge in [0.05, 0.1) is 109 Å². The van der Waals surface area contributed by atoms with E-state index in [2.05, 4.69) is 111 Å². The molecule has 29 nitrogen and oxygen atoms in total. The smallest absolute Gasteiger partial charge is 0.263 e. The standard InChI is InChI=1S/C24H26N4O4S.C24H26N4O2S.C23H23N5O3S.C22H23N5O2S/c1-16-15-22(27-33(29,30)18-10-8-17(9-11-18)32-24(2,3)4)28(26-16)23-19-7-6-14-25-20(19)12-13-21(23)31-5;1-16-13-14-25-20-7-6-8-21(23(16)20)28-22(15-17(2)26-28)27-31(29,30)19-11-9-18(10-12-19)24(3,4)5;1-17-16-23(28(25-17)22-6-2-5-21-20(22)4-3-11-24-21)26-32(29,30)19-9-7-18(8-10-19)27-12-14-31-15-13-27;1-15-12-21(26-30(28,29)18-10-8-17(9-11-18)22(2,3)4)27(25-15)20-7-5-6-16-13-23-24-14-19(16)20/h6-15,27H,1-5H3;6-15,27H,1-5H3;2-11,16,26H,12-15H2,1H3;5-14,26H,1-4H3. The fourth-order valence-electron chi connectivity index (χ4n) is 14.3. The summed E-state index contributed by atoms with van der Waals surface area (Å²) < 4.78 is 139. The summed E-state index contributed by atoms with van der Waals surface area (Å²) in [5.41, 5.74) is 11.7. The van der Waals surface area contributed by atoms with Crippen molar-refractivity contribution in [3.8, 4) is 34.2 Å². The van der Waals surface area contributed by atoms with Crippen LogP contribution in [0.4, 0.5) is 29.0 Å². The van der Waals surface area contributed by atoms with Crippen LogP contribution >= 0.6 is 0 Å². The van der Waals surface area contributed by atoms with Crippen molar-refractivity contribution in [2.75, 3.05) is 57.2 Å². The first-order valence-electron chi connectivity index (χ1n) is 40.4. The second-order valence-electron chi connectivity index (χ2n) is 33.2. The number of fused-ring (bicyclic) bond motifs is 4. The number of hydrogen-bond donors (Lipinski definition) is 4. The molecule has 650 valence electrons. The number of benzene rings is 8. The molecule has 16 aromatic rings. The molecule has 1 aliphatic rings. The Kier molecular flexibility index (Phi) is 25.4. The SMILES string of the molecule is COc1ccc2ncccc2c1-n1nc(C)cc1NS(=O)(=O)c1ccc(OC(C)(C)C)cc1.Cc1cc(NS(=O)(=O)c2ccc(C(C)(C)C)cc2)n(-c2cccc3cnncc23)n1.Cc1cc(NS(=O)(=O)c2ccc(C(C)(C)C)cc2)n(-c2cccc3nccc(C)c23)n1.Cc1cc(NS(=O)(=O)c2ccc(N3CCOCC3)cc2)n(-c2cccc3ncccc23)n1. The molecule has 0 saturated carbocycles. The minimum Gasteiger partial charge on any atom is -0.494 e. The van der Waals surface area contributed by atoms with Gasteiger partial charge in [-0.1, -0.05) is 90.1 Å². The van der Waals surface area contributed by atoms with Gasteiger partial charge in [0, 0.05) is 88.6 Å². The van der Waals surface area contributed by atoms with Crippen molar-refractivity contribution < 1.29 is 47.9 Å². The minimum absolute atomic E-state index is 0.0499. The van der Waals surface area contributed by atoms with Crippen molar-refractivity contribution in [1.82, 2.24) is 64.3 Å². The highest BCUT2D eigenvalue weighted by Gasteiger charge is 2.28. The maximum absolute atomic E-state index is 13.2. The maximum Gasteiger partial charge on any atom is 0.263 e. The van der Waals surface area contributed by atoms with Crippen LogP contribution in [0.3, 0.4) is 0 Å². The van der Waals surface area contributed by atoms with E-state index in [0.717, 1.165) is 96.0 Å². The third-order valence-electron chi connectivity index (χ3n) is 20.4. The molecule has 0 unspecified atom stereocenters. The first kappa shape index (κ1) is 88.8. The highest BCUT2D eigenvalue weighted by Crippen LogP contribution is 2.37. The Morgan fingerprint density at radius 3 is 1.28 bits per heavy atom. The topological polar surface area (TPSA) is 351 Å². The number of pyridine rings is 3. The average Bonchev–Trinajstić information content (AvgIpc) is 1.63. The molecule has 0 spiro atoms. The van der Waals surface area contributed by atoms with Crippen LogP contribution in [0.2, 0.25) is 0 Å². The molecule has 126 heavy (non-hydrogen) atoms. The molecule has 1 aliphatic heterocycles. The number of morpholine rings is 1. The maximum atomic E-state index is 13.2. The van der Waals surface area contributed by atoms with E-state index in [4.69, 9.17) is 14.2 Å². The molecule has 17 rings (SSSR count). The number of ether oxygens (including phenoxy) is 3. The Bertz CT molecular complexity index is 7150. The molecule has 33 heteroatoms.